The maximum Gasteiger partial charge on any atom is 0.222 e. The minimum atomic E-state index is 0.0930. The van der Waals surface area contributed by atoms with Gasteiger partial charge in [0.2, 0.25) is 5.91 Å². The molecule has 2 atom stereocenters. The molecule has 0 saturated carbocycles. The minimum Gasteiger partial charge on any atom is -0.372 e. The summed E-state index contributed by atoms with van der Waals surface area (Å²) in [7, 11) is 0. The summed E-state index contributed by atoms with van der Waals surface area (Å²) in [6.07, 6.45) is 1.69. The Kier molecular flexibility index (Phi) is 5.31. The van der Waals surface area contributed by atoms with E-state index in [1.54, 1.807) is 0 Å². The number of ether oxygens (including phenoxy) is 1. The van der Waals surface area contributed by atoms with Crippen LogP contribution >= 0.6 is 11.3 Å². The Bertz CT molecular complexity index is 448. The molecule has 1 aliphatic heterocycles. The molecule has 1 aromatic heterocycles. The van der Waals surface area contributed by atoms with E-state index in [0.29, 0.717) is 32.4 Å². The lowest BCUT2D eigenvalue weighted by Gasteiger charge is -2.35. The van der Waals surface area contributed by atoms with Gasteiger partial charge >= 0.3 is 0 Å². The van der Waals surface area contributed by atoms with E-state index in [1.165, 1.54) is 11.3 Å². The summed E-state index contributed by atoms with van der Waals surface area (Å²) >= 11 is 1.46. The molecule has 0 aromatic carbocycles. The second kappa shape index (κ2) is 6.99. The average molecular weight is 295 g/mol. The molecule has 0 bridgehead atoms. The zero-order chi connectivity index (χ0) is 14.5. The first kappa shape index (κ1) is 15.2. The maximum absolute atomic E-state index is 12.1. The van der Waals surface area contributed by atoms with Crippen molar-refractivity contribution in [2.75, 3.05) is 13.1 Å². The Morgan fingerprint density at radius 2 is 2.00 bits per heavy atom. The summed E-state index contributed by atoms with van der Waals surface area (Å²) in [5.41, 5.74) is 0. The molecule has 1 aliphatic rings. The zero-order valence-corrected chi connectivity index (χ0v) is 12.8. The highest BCUT2D eigenvalue weighted by molar-refractivity contribution is 7.12. The van der Waals surface area contributed by atoms with Crippen LogP contribution in [0.1, 0.15) is 42.8 Å². The second-order valence-corrected chi connectivity index (χ2v) is 6.26. The molecule has 2 rings (SSSR count). The van der Waals surface area contributed by atoms with Crippen molar-refractivity contribution in [1.82, 2.24) is 4.90 Å². The van der Waals surface area contributed by atoms with Crippen LogP contribution in [0.5, 0.6) is 0 Å². The van der Waals surface area contributed by atoms with Crippen molar-refractivity contribution in [3.05, 3.63) is 22.4 Å². The molecule has 0 radical (unpaired) electrons. The van der Waals surface area contributed by atoms with Crippen molar-refractivity contribution >= 4 is 23.0 Å². The van der Waals surface area contributed by atoms with Gasteiger partial charge in [0.05, 0.1) is 17.1 Å². The number of hydrogen-bond acceptors (Lipinski definition) is 4. The van der Waals surface area contributed by atoms with Crippen molar-refractivity contribution in [2.24, 2.45) is 0 Å². The van der Waals surface area contributed by atoms with Gasteiger partial charge in [-0.25, -0.2) is 0 Å². The standard InChI is InChI=1S/C15H21NO3S/c1-11-9-16(10-12(2)19-11)15(18)7-3-5-13(17)14-6-4-8-20-14/h4,6,8,11-12H,3,5,7,9-10H2,1-2H3/t11-,12-/m1/s1. The molecule has 1 fully saturated rings. The van der Waals surface area contributed by atoms with Gasteiger partial charge in [-0.05, 0) is 31.7 Å². The average Bonchev–Trinajstić information content (AvgIpc) is 2.91. The number of morpholine rings is 1. The number of rotatable bonds is 5. The van der Waals surface area contributed by atoms with Crippen LogP contribution in [-0.2, 0) is 9.53 Å². The topological polar surface area (TPSA) is 46.6 Å². The predicted molar refractivity (Wildman–Crippen MR) is 79.1 cm³/mol. The Balaban J connectivity index is 1.73. The van der Waals surface area contributed by atoms with Gasteiger partial charge in [0, 0.05) is 25.9 Å². The Labute approximate surface area is 123 Å². The summed E-state index contributed by atoms with van der Waals surface area (Å²) in [6, 6.07) is 3.71. The summed E-state index contributed by atoms with van der Waals surface area (Å²) in [6.45, 7) is 5.27. The third-order valence-corrected chi connectivity index (χ3v) is 4.27. The van der Waals surface area contributed by atoms with E-state index < -0.39 is 0 Å². The van der Waals surface area contributed by atoms with E-state index in [2.05, 4.69) is 0 Å². The molecule has 1 amide bonds. The molecule has 1 aromatic rings. The quantitative estimate of drug-likeness (QED) is 0.785. The van der Waals surface area contributed by atoms with Gasteiger partial charge in [-0.1, -0.05) is 6.07 Å². The molecule has 20 heavy (non-hydrogen) atoms. The van der Waals surface area contributed by atoms with E-state index in [4.69, 9.17) is 4.74 Å². The van der Waals surface area contributed by atoms with E-state index >= 15 is 0 Å². The van der Waals surface area contributed by atoms with Gasteiger partial charge in [-0.15, -0.1) is 11.3 Å². The van der Waals surface area contributed by atoms with Crippen LogP contribution in [0.4, 0.5) is 0 Å². The minimum absolute atomic E-state index is 0.0930. The van der Waals surface area contributed by atoms with Crippen LogP contribution in [-0.4, -0.2) is 41.9 Å². The van der Waals surface area contributed by atoms with Crippen LogP contribution in [0.25, 0.3) is 0 Å². The van der Waals surface area contributed by atoms with E-state index in [-0.39, 0.29) is 23.9 Å². The lowest BCUT2D eigenvalue weighted by Crippen LogP contribution is -2.48. The first-order chi connectivity index (χ1) is 9.56. The van der Waals surface area contributed by atoms with Crippen LogP contribution < -0.4 is 0 Å². The fourth-order valence-electron chi connectivity index (χ4n) is 2.50. The van der Waals surface area contributed by atoms with Gasteiger partial charge in [0.25, 0.3) is 0 Å². The lowest BCUT2D eigenvalue weighted by atomic mass is 10.1. The molecule has 0 spiro atoms. The van der Waals surface area contributed by atoms with E-state index in [0.717, 1.165) is 4.88 Å². The third kappa shape index (κ3) is 4.15. The molecule has 5 heteroatoms. The highest BCUT2D eigenvalue weighted by Crippen LogP contribution is 2.15. The number of nitrogens with zero attached hydrogens (tertiary/aromatic N) is 1. The fraction of sp³-hybridized carbons (Fsp3) is 0.600. The smallest absolute Gasteiger partial charge is 0.222 e. The number of Topliss-reactive ketones (excluding diaryl/α,β-unsaturated/α-hetero) is 1. The van der Waals surface area contributed by atoms with Crippen molar-refractivity contribution in [3.8, 4) is 0 Å². The summed E-state index contributed by atoms with van der Waals surface area (Å²) in [5.74, 6) is 0.266. The first-order valence-corrected chi connectivity index (χ1v) is 7.94. The van der Waals surface area contributed by atoms with E-state index in [9.17, 15) is 9.59 Å². The molecule has 0 aliphatic carbocycles. The number of amides is 1. The Morgan fingerprint density at radius 3 is 2.60 bits per heavy atom. The highest BCUT2D eigenvalue weighted by atomic mass is 32.1. The summed E-state index contributed by atoms with van der Waals surface area (Å²) in [5, 5.41) is 1.90. The van der Waals surface area contributed by atoms with Crippen LogP contribution in [0, 0.1) is 0 Å². The molecule has 2 heterocycles. The largest absolute Gasteiger partial charge is 0.372 e. The van der Waals surface area contributed by atoms with E-state index in [1.807, 2.05) is 36.3 Å². The molecule has 1 saturated heterocycles. The van der Waals surface area contributed by atoms with Crippen molar-refractivity contribution in [1.29, 1.82) is 0 Å². The first-order valence-electron chi connectivity index (χ1n) is 7.06. The van der Waals surface area contributed by atoms with Crippen molar-refractivity contribution in [2.45, 2.75) is 45.3 Å². The monoisotopic (exact) mass is 295 g/mol. The zero-order valence-electron chi connectivity index (χ0n) is 12.0. The SMILES string of the molecule is C[C@@H]1CN(C(=O)CCCC(=O)c2cccs2)C[C@@H](C)O1. The normalized spacial score (nSPS) is 22.8. The fourth-order valence-corrected chi connectivity index (χ4v) is 3.19. The Morgan fingerprint density at radius 1 is 1.30 bits per heavy atom. The van der Waals surface area contributed by atoms with Crippen LogP contribution in [0.2, 0.25) is 0 Å². The number of hydrogen-bond donors (Lipinski definition) is 0. The van der Waals surface area contributed by atoms with Crippen LogP contribution in [0.15, 0.2) is 17.5 Å². The lowest BCUT2D eigenvalue weighted by molar-refractivity contribution is -0.143. The summed E-state index contributed by atoms with van der Waals surface area (Å²) < 4.78 is 5.61. The number of thiophene rings is 1. The van der Waals surface area contributed by atoms with Gasteiger partial charge < -0.3 is 9.64 Å². The molecule has 0 unspecified atom stereocenters. The predicted octanol–water partition coefficient (Wildman–Crippen LogP) is 2.74. The van der Waals surface area contributed by atoms with Gasteiger partial charge in [0.15, 0.2) is 5.78 Å². The maximum atomic E-state index is 12.1. The van der Waals surface area contributed by atoms with Gasteiger partial charge in [0.1, 0.15) is 0 Å². The highest BCUT2D eigenvalue weighted by Gasteiger charge is 2.25. The third-order valence-electron chi connectivity index (χ3n) is 3.36. The number of ketones is 1. The number of carbonyl (C=O) groups excluding carboxylic acids is 2. The van der Waals surface area contributed by atoms with Gasteiger partial charge in [-0.2, -0.15) is 0 Å². The van der Waals surface area contributed by atoms with Crippen molar-refractivity contribution < 1.29 is 14.3 Å². The molecular weight excluding hydrogens is 274 g/mol. The molecule has 110 valence electrons. The molecule has 0 N–H and O–H groups in total. The summed E-state index contributed by atoms with van der Waals surface area (Å²) in [4.78, 5) is 26.6. The van der Waals surface area contributed by atoms with Crippen LogP contribution in [0.3, 0.4) is 0 Å². The van der Waals surface area contributed by atoms with Gasteiger partial charge in [-0.3, -0.25) is 9.59 Å². The number of carbonyl (C=O) groups is 2. The van der Waals surface area contributed by atoms with Crippen molar-refractivity contribution in [3.63, 3.8) is 0 Å². The molecule has 4 nitrogen and oxygen atoms in total. The second-order valence-electron chi connectivity index (χ2n) is 5.31. The molecular formula is C15H21NO3S. The Hall–Kier alpha value is -1.20.